The summed E-state index contributed by atoms with van der Waals surface area (Å²) in [5.41, 5.74) is 2.62. The fourth-order valence-corrected chi connectivity index (χ4v) is 3.33. The Morgan fingerprint density at radius 3 is 3.06 bits per heavy atom. The molecule has 0 radical (unpaired) electrons. The maximum atomic E-state index is 5.29. The molecule has 1 aromatic heterocycles. The third kappa shape index (κ3) is 2.45. The molecule has 100 valence electrons. The molecule has 1 fully saturated rings. The van der Waals surface area contributed by atoms with E-state index >= 15 is 0 Å². The van der Waals surface area contributed by atoms with Crippen LogP contribution in [0.5, 0.6) is 0 Å². The van der Waals surface area contributed by atoms with Gasteiger partial charge in [0.2, 0.25) is 0 Å². The van der Waals surface area contributed by atoms with Crippen LogP contribution in [0.2, 0.25) is 0 Å². The zero-order chi connectivity index (χ0) is 12.4. The van der Waals surface area contributed by atoms with Crippen LogP contribution in [-0.4, -0.2) is 30.0 Å². The number of hydrogen-bond acceptors (Lipinski definition) is 3. The highest BCUT2D eigenvalue weighted by Crippen LogP contribution is 2.28. The summed E-state index contributed by atoms with van der Waals surface area (Å²) in [5, 5.41) is 8.26. The van der Waals surface area contributed by atoms with Crippen LogP contribution >= 0.6 is 0 Å². The molecule has 0 amide bonds. The van der Waals surface area contributed by atoms with Gasteiger partial charge in [-0.25, -0.2) is 0 Å². The van der Waals surface area contributed by atoms with Gasteiger partial charge in [-0.3, -0.25) is 4.68 Å². The van der Waals surface area contributed by atoms with Crippen molar-refractivity contribution in [2.75, 3.05) is 20.3 Å². The van der Waals surface area contributed by atoms with Crippen molar-refractivity contribution in [3.63, 3.8) is 0 Å². The van der Waals surface area contributed by atoms with Crippen LogP contribution in [0, 0.1) is 5.92 Å². The molecule has 0 aromatic carbocycles. The predicted molar refractivity (Wildman–Crippen MR) is 70.5 cm³/mol. The highest BCUT2D eigenvalue weighted by molar-refractivity contribution is 5.24. The first-order valence-corrected chi connectivity index (χ1v) is 7.12. The smallest absolute Gasteiger partial charge is 0.0736 e. The Hall–Kier alpha value is -0.870. The number of fused-ring (bicyclic) bond motifs is 1. The summed E-state index contributed by atoms with van der Waals surface area (Å²) < 4.78 is 7.47. The summed E-state index contributed by atoms with van der Waals surface area (Å²) in [6.45, 7) is 3.81. The van der Waals surface area contributed by atoms with Crippen LogP contribution in [0.4, 0.5) is 0 Å². The first kappa shape index (κ1) is 12.2. The van der Waals surface area contributed by atoms with Gasteiger partial charge in [-0.1, -0.05) is 12.8 Å². The molecule has 4 nitrogen and oxygen atoms in total. The minimum atomic E-state index is 0.420. The lowest BCUT2D eigenvalue weighted by Crippen LogP contribution is -2.30. The van der Waals surface area contributed by atoms with Crippen molar-refractivity contribution in [3.8, 4) is 0 Å². The molecule has 3 rings (SSSR count). The van der Waals surface area contributed by atoms with E-state index in [0.29, 0.717) is 5.92 Å². The Kier molecular flexibility index (Phi) is 3.66. The molecule has 1 atom stereocenters. The molecule has 1 aliphatic heterocycles. The van der Waals surface area contributed by atoms with Crippen molar-refractivity contribution in [3.05, 3.63) is 17.5 Å². The second-order valence-electron chi connectivity index (χ2n) is 5.70. The minimum Gasteiger partial charge on any atom is -0.384 e. The first-order valence-electron chi connectivity index (χ1n) is 7.12. The molecule has 18 heavy (non-hydrogen) atoms. The molecule has 1 aliphatic carbocycles. The van der Waals surface area contributed by atoms with E-state index in [1.807, 2.05) is 0 Å². The van der Waals surface area contributed by atoms with Gasteiger partial charge in [0.25, 0.3) is 0 Å². The van der Waals surface area contributed by atoms with Gasteiger partial charge in [0, 0.05) is 44.4 Å². The number of ether oxygens (including phenoxy) is 1. The van der Waals surface area contributed by atoms with Crippen LogP contribution in [-0.2, 0) is 17.8 Å². The molecule has 0 bridgehead atoms. The predicted octanol–water partition coefficient (Wildman–Crippen LogP) is 1.91. The van der Waals surface area contributed by atoms with Crippen LogP contribution in [0.3, 0.4) is 0 Å². The molecule has 2 heterocycles. The van der Waals surface area contributed by atoms with Crippen LogP contribution in [0.15, 0.2) is 6.20 Å². The normalized spacial score (nSPS) is 24.4. The molecule has 1 N–H and O–H groups in total. The lowest BCUT2D eigenvalue weighted by atomic mass is 9.99. The van der Waals surface area contributed by atoms with E-state index in [2.05, 4.69) is 16.2 Å². The largest absolute Gasteiger partial charge is 0.384 e. The molecular formula is C14H23N3O. The van der Waals surface area contributed by atoms with Crippen molar-refractivity contribution >= 4 is 0 Å². The summed E-state index contributed by atoms with van der Waals surface area (Å²) >= 11 is 0. The molecular weight excluding hydrogens is 226 g/mol. The number of hydrogen-bond donors (Lipinski definition) is 1. The zero-order valence-corrected chi connectivity index (χ0v) is 11.2. The third-order valence-electron chi connectivity index (χ3n) is 4.25. The van der Waals surface area contributed by atoms with E-state index in [1.165, 1.54) is 36.9 Å². The molecule has 1 aromatic rings. The number of nitrogens with one attached hydrogen (secondary N) is 1. The Bertz CT molecular complexity index is 396. The highest BCUT2D eigenvalue weighted by atomic mass is 16.5. The Morgan fingerprint density at radius 2 is 2.28 bits per heavy atom. The van der Waals surface area contributed by atoms with Gasteiger partial charge in [0.15, 0.2) is 0 Å². The van der Waals surface area contributed by atoms with Crippen LogP contribution in [0.1, 0.15) is 42.9 Å². The van der Waals surface area contributed by atoms with Crippen LogP contribution < -0.4 is 5.32 Å². The van der Waals surface area contributed by atoms with Crippen molar-refractivity contribution in [1.29, 1.82) is 0 Å². The summed E-state index contributed by atoms with van der Waals surface area (Å²) in [7, 11) is 1.77. The lowest BCUT2D eigenvalue weighted by Gasteiger charge is -2.21. The Balaban J connectivity index is 1.73. The second kappa shape index (κ2) is 5.41. The molecule has 2 aliphatic rings. The monoisotopic (exact) mass is 249 g/mol. The molecule has 1 saturated carbocycles. The third-order valence-corrected chi connectivity index (χ3v) is 4.25. The molecule has 0 unspecified atom stereocenters. The van der Waals surface area contributed by atoms with Gasteiger partial charge in [0.05, 0.1) is 12.3 Å². The van der Waals surface area contributed by atoms with Crippen molar-refractivity contribution in [2.45, 2.75) is 44.7 Å². The first-order chi connectivity index (χ1) is 8.86. The molecule has 4 heteroatoms. The van der Waals surface area contributed by atoms with E-state index in [4.69, 9.17) is 9.84 Å². The van der Waals surface area contributed by atoms with Gasteiger partial charge < -0.3 is 10.1 Å². The summed E-state index contributed by atoms with van der Waals surface area (Å²) in [6.07, 6.45) is 7.80. The van der Waals surface area contributed by atoms with Crippen LogP contribution in [0.25, 0.3) is 0 Å². The highest BCUT2D eigenvalue weighted by Gasteiger charge is 2.24. The number of nitrogens with zero attached hydrogens (tertiary/aromatic N) is 2. The lowest BCUT2D eigenvalue weighted by molar-refractivity contribution is 0.173. The maximum Gasteiger partial charge on any atom is 0.0736 e. The fraction of sp³-hybridized carbons (Fsp3) is 0.786. The second-order valence-corrected chi connectivity index (χ2v) is 5.70. The molecule has 0 spiro atoms. The van der Waals surface area contributed by atoms with E-state index in [9.17, 15) is 0 Å². The topological polar surface area (TPSA) is 39.1 Å². The number of methoxy groups -OCH3 is 1. The molecule has 0 saturated heterocycles. The van der Waals surface area contributed by atoms with Gasteiger partial charge >= 0.3 is 0 Å². The summed E-state index contributed by atoms with van der Waals surface area (Å²) in [5.74, 6) is 1.27. The van der Waals surface area contributed by atoms with Gasteiger partial charge in [-0.2, -0.15) is 5.10 Å². The van der Waals surface area contributed by atoms with E-state index in [-0.39, 0.29) is 0 Å². The standard InChI is InChI=1S/C14H23N3O/c1-18-10-13-7-15-6-12-9-17(16-14(12)13)8-11-4-2-3-5-11/h9,11,13,15H,2-8,10H2,1H3/t13-/m0/s1. The van der Waals surface area contributed by atoms with E-state index in [1.54, 1.807) is 7.11 Å². The maximum absolute atomic E-state index is 5.29. The average molecular weight is 249 g/mol. The van der Waals surface area contributed by atoms with Gasteiger partial charge in [-0.15, -0.1) is 0 Å². The Morgan fingerprint density at radius 1 is 1.44 bits per heavy atom. The Labute approximate surface area is 109 Å². The summed E-state index contributed by atoms with van der Waals surface area (Å²) in [6, 6.07) is 0. The fourth-order valence-electron chi connectivity index (χ4n) is 3.33. The van der Waals surface area contributed by atoms with Crippen molar-refractivity contribution in [2.24, 2.45) is 5.92 Å². The SMILES string of the molecule is COC[C@@H]1CNCc2cn(CC3CCCC3)nc21. The summed E-state index contributed by atoms with van der Waals surface area (Å²) in [4.78, 5) is 0. The zero-order valence-electron chi connectivity index (χ0n) is 11.2. The van der Waals surface area contributed by atoms with E-state index in [0.717, 1.165) is 32.2 Å². The van der Waals surface area contributed by atoms with Gasteiger partial charge in [0.1, 0.15) is 0 Å². The van der Waals surface area contributed by atoms with Crippen molar-refractivity contribution in [1.82, 2.24) is 15.1 Å². The number of aromatic nitrogens is 2. The van der Waals surface area contributed by atoms with Crippen molar-refractivity contribution < 1.29 is 4.74 Å². The average Bonchev–Trinajstić information content (AvgIpc) is 2.99. The number of rotatable bonds is 4. The van der Waals surface area contributed by atoms with E-state index < -0.39 is 0 Å². The quantitative estimate of drug-likeness (QED) is 0.886. The minimum absolute atomic E-state index is 0.420. The van der Waals surface area contributed by atoms with Gasteiger partial charge in [-0.05, 0) is 18.8 Å².